The second-order valence-electron chi connectivity index (χ2n) is 6.85. The van der Waals surface area contributed by atoms with E-state index in [0.717, 1.165) is 0 Å². The number of hydrogen-bond acceptors (Lipinski definition) is 5. The Morgan fingerprint density at radius 2 is 1.92 bits per heavy atom. The third kappa shape index (κ3) is 3.69. The van der Waals surface area contributed by atoms with Crippen molar-refractivity contribution >= 4 is 25.7 Å². The van der Waals surface area contributed by atoms with Crippen LogP contribution >= 0.6 is 0 Å². The summed E-state index contributed by atoms with van der Waals surface area (Å²) >= 11 is 0. The molecule has 130 valence electrons. The lowest BCUT2D eigenvalue weighted by molar-refractivity contribution is -0.116. The first kappa shape index (κ1) is 17.1. The third-order valence-electron chi connectivity index (χ3n) is 3.42. The fourth-order valence-corrected chi connectivity index (χ4v) is 2.83. The molecule has 2 heterocycles. The van der Waals surface area contributed by atoms with Gasteiger partial charge in [0.15, 0.2) is 11.5 Å². The van der Waals surface area contributed by atoms with Gasteiger partial charge in [0.25, 0.3) is 0 Å². The largest absolute Gasteiger partial charge is 0.454 e. The number of benzene rings is 1. The van der Waals surface area contributed by atoms with Crippen LogP contribution in [0.15, 0.2) is 22.8 Å². The molecule has 0 N–H and O–H groups in total. The molecule has 0 bridgehead atoms. The Balaban J connectivity index is 2.18. The Morgan fingerprint density at radius 1 is 1.24 bits per heavy atom. The molecule has 0 fully saturated rings. The van der Waals surface area contributed by atoms with Gasteiger partial charge in [0.05, 0.1) is 16.9 Å². The Kier molecular flexibility index (Phi) is 4.31. The fourth-order valence-electron chi connectivity index (χ4n) is 2.32. The Labute approximate surface area is 147 Å². The summed E-state index contributed by atoms with van der Waals surface area (Å²) in [6, 6.07) is 3.76. The first-order chi connectivity index (χ1) is 11.7. The van der Waals surface area contributed by atoms with Crippen molar-refractivity contribution in [2.45, 2.75) is 33.5 Å². The van der Waals surface area contributed by atoms with E-state index in [1.54, 1.807) is 19.1 Å². The van der Waals surface area contributed by atoms with Crippen molar-refractivity contribution in [2.75, 3.05) is 11.7 Å². The molecule has 3 rings (SSSR count). The number of oxazole rings is 1. The summed E-state index contributed by atoms with van der Waals surface area (Å²) in [6.45, 7) is 9.89. The van der Waals surface area contributed by atoms with Crippen LogP contribution < -0.4 is 14.4 Å². The summed E-state index contributed by atoms with van der Waals surface area (Å²) in [7, 11) is -1.60. The summed E-state index contributed by atoms with van der Waals surface area (Å²) in [6.07, 6.45) is 1.51. The first-order valence-electron chi connectivity index (χ1n) is 7.94. The molecule has 1 aromatic carbocycles. The van der Waals surface area contributed by atoms with Crippen molar-refractivity contribution in [3.63, 3.8) is 0 Å². The van der Waals surface area contributed by atoms with Gasteiger partial charge < -0.3 is 13.9 Å². The number of carbonyl (C=O) groups is 1. The van der Waals surface area contributed by atoms with E-state index < -0.39 is 8.07 Å². The van der Waals surface area contributed by atoms with Crippen molar-refractivity contribution in [1.29, 1.82) is 0 Å². The zero-order valence-corrected chi connectivity index (χ0v) is 16.0. The van der Waals surface area contributed by atoms with Crippen molar-refractivity contribution in [1.82, 2.24) is 4.98 Å². The number of carbonyl (C=O) groups excluding carboxylic acids is 1. The van der Waals surface area contributed by atoms with Crippen molar-refractivity contribution in [3.05, 3.63) is 29.7 Å². The first-order valence-corrected chi connectivity index (χ1v) is 11.4. The molecule has 0 unspecified atom stereocenters. The van der Waals surface area contributed by atoms with E-state index in [-0.39, 0.29) is 18.7 Å². The maximum absolute atomic E-state index is 12.3. The van der Waals surface area contributed by atoms with Gasteiger partial charge in [0, 0.05) is 19.1 Å². The molecule has 0 radical (unpaired) electrons. The van der Waals surface area contributed by atoms with E-state index in [9.17, 15) is 4.79 Å². The number of ether oxygens (including phenoxy) is 2. The van der Waals surface area contributed by atoms with Crippen LogP contribution in [0.25, 0.3) is 0 Å². The van der Waals surface area contributed by atoms with E-state index in [0.29, 0.717) is 28.4 Å². The van der Waals surface area contributed by atoms with Crippen LogP contribution in [0.1, 0.15) is 18.2 Å². The monoisotopic (exact) mass is 356 g/mol. The highest BCUT2D eigenvalue weighted by Crippen LogP contribution is 2.40. The van der Waals surface area contributed by atoms with Gasteiger partial charge in [-0.1, -0.05) is 25.6 Å². The van der Waals surface area contributed by atoms with E-state index in [1.165, 1.54) is 18.1 Å². The Bertz CT molecular complexity index is 887. The van der Waals surface area contributed by atoms with E-state index in [1.807, 2.05) is 0 Å². The Hall–Kier alpha value is -2.72. The molecule has 1 amide bonds. The number of rotatable bonds is 2. The lowest BCUT2D eigenvalue weighted by atomic mass is 10.1. The van der Waals surface area contributed by atoms with Crippen molar-refractivity contribution in [3.8, 4) is 23.0 Å². The molecule has 1 aromatic heterocycles. The quantitative estimate of drug-likeness (QED) is 0.607. The van der Waals surface area contributed by atoms with Crippen LogP contribution in [0.3, 0.4) is 0 Å². The lowest BCUT2D eigenvalue weighted by Gasteiger charge is -2.19. The van der Waals surface area contributed by atoms with Gasteiger partial charge in [0.2, 0.25) is 12.7 Å². The minimum absolute atomic E-state index is 0.151. The number of aryl methyl sites for hydroxylation is 1. The summed E-state index contributed by atoms with van der Waals surface area (Å²) < 4.78 is 16.4. The maximum atomic E-state index is 12.3. The second-order valence-corrected chi connectivity index (χ2v) is 11.6. The lowest BCUT2D eigenvalue weighted by Crippen LogP contribution is -2.24. The van der Waals surface area contributed by atoms with Gasteiger partial charge in [-0.05, 0) is 6.92 Å². The highest BCUT2D eigenvalue weighted by molar-refractivity contribution is 6.83. The number of amides is 1. The average molecular weight is 356 g/mol. The molecule has 6 nitrogen and oxygen atoms in total. The molecule has 0 atom stereocenters. The number of hydrogen-bond donors (Lipinski definition) is 0. The van der Waals surface area contributed by atoms with Crippen LogP contribution in [-0.2, 0) is 4.79 Å². The summed E-state index contributed by atoms with van der Waals surface area (Å²) in [5.74, 6) is 4.18. The molecule has 25 heavy (non-hydrogen) atoms. The van der Waals surface area contributed by atoms with Crippen LogP contribution in [0.4, 0.5) is 11.7 Å². The standard InChI is InChI=1S/C18H20N2O4Si/c1-12-10-22-18(19-12)20(13(2)21)15-9-17-16(23-11-24-17)8-14(15)6-7-25(3,4)5/h8-10H,11H2,1-5H3. The SMILES string of the molecule is CC(=O)N(c1nc(C)co1)c1cc2c(cc1C#C[Si](C)(C)C)OCO2. The smallest absolute Gasteiger partial charge is 0.309 e. The summed E-state index contributed by atoms with van der Waals surface area (Å²) in [4.78, 5) is 18.0. The number of anilines is 2. The van der Waals surface area contributed by atoms with Crippen LogP contribution in [-0.4, -0.2) is 25.8 Å². The molecular weight excluding hydrogens is 336 g/mol. The molecular formula is C18H20N2O4Si. The maximum Gasteiger partial charge on any atom is 0.309 e. The van der Waals surface area contributed by atoms with Crippen LogP contribution in [0.2, 0.25) is 19.6 Å². The Morgan fingerprint density at radius 3 is 2.48 bits per heavy atom. The fraction of sp³-hybridized carbons (Fsp3) is 0.333. The molecule has 1 aliphatic heterocycles. The minimum atomic E-state index is -1.60. The average Bonchev–Trinajstić information content (AvgIpc) is 3.12. The molecule has 7 heteroatoms. The zero-order chi connectivity index (χ0) is 18.2. The van der Waals surface area contributed by atoms with E-state index in [4.69, 9.17) is 13.9 Å². The van der Waals surface area contributed by atoms with Gasteiger partial charge in [-0.15, -0.1) is 5.54 Å². The van der Waals surface area contributed by atoms with Gasteiger partial charge in [0.1, 0.15) is 14.3 Å². The normalized spacial score (nSPS) is 12.5. The molecule has 1 aliphatic rings. The third-order valence-corrected chi connectivity index (χ3v) is 4.29. The topological polar surface area (TPSA) is 64.8 Å². The second kappa shape index (κ2) is 6.30. The predicted molar refractivity (Wildman–Crippen MR) is 96.8 cm³/mol. The van der Waals surface area contributed by atoms with Gasteiger partial charge >= 0.3 is 6.01 Å². The van der Waals surface area contributed by atoms with Gasteiger partial charge in [-0.3, -0.25) is 4.79 Å². The zero-order valence-electron chi connectivity index (χ0n) is 15.0. The van der Waals surface area contributed by atoms with E-state index >= 15 is 0 Å². The van der Waals surface area contributed by atoms with E-state index in [2.05, 4.69) is 36.1 Å². The van der Waals surface area contributed by atoms with Crippen molar-refractivity contribution < 1.29 is 18.7 Å². The van der Waals surface area contributed by atoms with Gasteiger partial charge in [-0.2, -0.15) is 4.98 Å². The number of fused-ring (bicyclic) bond motifs is 1. The highest BCUT2D eigenvalue weighted by atomic mass is 28.3. The van der Waals surface area contributed by atoms with Gasteiger partial charge in [-0.25, -0.2) is 4.90 Å². The summed E-state index contributed by atoms with van der Waals surface area (Å²) in [5, 5.41) is 0. The predicted octanol–water partition coefficient (Wildman–Crippen LogP) is 3.63. The van der Waals surface area contributed by atoms with Crippen LogP contribution in [0.5, 0.6) is 11.5 Å². The van der Waals surface area contributed by atoms with Crippen LogP contribution in [0, 0.1) is 18.4 Å². The summed E-state index contributed by atoms with van der Waals surface area (Å²) in [5.41, 5.74) is 5.27. The number of aromatic nitrogens is 1. The molecule has 0 saturated heterocycles. The molecule has 2 aromatic rings. The molecule has 0 spiro atoms. The van der Waals surface area contributed by atoms with Crippen molar-refractivity contribution in [2.24, 2.45) is 0 Å². The minimum Gasteiger partial charge on any atom is -0.454 e. The molecule has 0 saturated carbocycles. The highest BCUT2D eigenvalue weighted by Gasteiger charge is 2.26. The molecule has 0 aliphatic carbocycles. The number of nitrogens with zero attached hydrogens (tertiary/aromatic N) is 2.